The molecule has 120 valence electrons. The maximum absolute atomic E-state index is 11.9. The molecule has 2 aromatic heterocycles. The van der Waals surface area contributed by atoms with Crippen LogP contribution in [0.5, 0.6) is 0 Å². The van der Waals surface area contributed by atoms with Crippen molar-refractivity contribution in [1.82, 2.24) is 20.1 Å². The molecule has 3 rings (SSSR count). The Kier molecular flexibility index (Phi) is 4.41. The van der Waals surface area contributed by atoms with Gasteiger partial charge in [-0.1, -0.05) is 12.1 Å². The normalized spacial score (nSPS) is 11.0. The van der Waals surface area contributed by atoms with Crippen molar-refractivity contribution in [3.63, 3.8) is 0 Å². The van der Waals surface area contributed by atoms with Crippen LogP contribution in [0.4, 0.5) is 0 Å². The van der Waals surface area contributed by atoms with Crippen LogP contribution in [0.15, 0.2) is 35.0 Å². The van der Waals surface area contributed by atoms with E-state index in [9.17, 15) is 4.79 Å². The molecule has 0 saturated heterocycles. The number of aromatic nitrogens is 3. The van der Waals surface area contributed by atoms with E-state index in [2.05, 4.69) is 15.4 Å². The molecule has 1 amide bonds. The van der Waals surface area contributed by atoms with E-state index in [0.29, 0.717) is 31.7 Å². The summed E-state index contributed by atoms with van der Waals surface area (Å²) in [6.07, 6.45) is 5.45. The smallest absolute Gasteiger partial charge is 0.220 e. The van der Waals surface area contributed by atoms with Crippen molar-refractivity contribution in [2.45, 2.75) is 26.2 Å². The average Bonchev–Trinajstić information content (AvgIpc) is 3.12. The highest BCUT2D eigenvalue weighted by Gasteiger charge is 2.08. The maximum atomic E-state index is 11.9. The van der Waals surface area contributed by atoms with Gasteiger partial charge in [-0.15, -0.1) is 0 Å². The van der Waals surface area contributed by atoms with E-state index >= 15 is 0 Å². The molecule has 6 heteroatoms. The van der Waals surface area contributed by atoms with Crippen LogP contribution in [0.25, 0.3) is 11.1 Å². The number of fused-ring (bicyclic) bond motifs is 1. The summed E-state index contributed by atoms with van der Waals surface area (Å²) in [4.78, 5) is 16.3. The molecule has 2 heterocycles. The lowest BCUT2D eigenvalue weighted by Crippen LogP contribution is -2.25. The predicted molar refractivity (Wildman–Crippen MR) is 87.0 cm³/mol. The van der Waals surface area contributed by atoms with Gasteiger partial charge in [0.15, 0.2) is 11.5 Å². The van der Waals surface area contributed by atoms with E-state index in [-0.39, 0.29) is 5.91 Å². The van der Waals surface area contributed by atoms with Gasteiger partial charge >= 0.3 is 0 Å². The number of nitrogens with zero attached hydrogens (tertiary/aromatic N) is 3. The summed E-state index contributed by atoms with van der Waals surface area (Å²) in [5.41, 5.74) is 3.85. The average molecular weight is 312 g/mol. The van der Waals surface area contributed by atoms with Crippen molar-refractivity contribution in [2.75, 3.05) is 6.54 Å². The number of nitrogens with one attached hydrogen (secondary N) is 1. The molecule has 0 radical (unpaired) electrons. The van der Waals surface area contributed by atoms with E-state index in [0.717, 1.165) is 22.2 Å². The zero-order chi connectivity index (χ0) is 16.2. The lowest BCUT2D eigenvalue weighted by atomic mass is 10.2. The molecule has 0 fully saturated rings. The number of hydrogen-bond acceptors (Lipinski definition) is 4. The van der Waals surface area contributed by atoms with Gasteiger partial charge in [0.2, 0.25) is 5.91 Å². The van der Waals surface area contributed by atoms with Gasteiger partial charge in [0.25, 0.3) is 0 Å². The van der Waals surface area contributed by atoms with Crippen molar-refractivity contribution >= 4 is 17.0 Å². The molecular formula is C17H20N4O2. The third-order valence-corrected chi connectivity index (χ3v) is 3.73. The van der Waals surface area contributed by atoms with Gasteiger partial charge in [0.05, 0.1) is 6.20 Å². The highest BCUT2D eigenvalue weighted by Crippen LogP contribution is 2.18. The Hall–Kier alpha value is -2.63. The first kappa shape index (κ1) is 15.3. The molecule has 6 nitrogen and oxygen atoms in total. The van der Waals surface area contributed by atoms with Crippen LogP contribution in [-0.2, 0) is 24.7 Å². The largest absolute Gasteiger partial charge is 0.441 e. The Morgan fingerprint density at radius 2 is 2.22 bits per heavy atom. The fraction of sp³-hybridized carbons (Fsp3) is 0.353. The Labute approximate surface area is 134 Å². The number of carbonyl (C=O) groups excluding carboxylic acids is 1. The number of amides is 1. The maximum Gasteiger partial charge on any atom is 0.220 e. The predicted octanol–water partition coefficient (Wildman–Crippen LogP) is 2.16. The molecule has 0 spiro atoms. The third kappa shape index (κ3) is 3.77. The summed E-state index contributed by atoms with van der Waals surface area (Å²) in [6.45, 7) is 2.53. The van der Waals surface area contributed by atoms with E-state index in [1.165, 1.54) is 0 Å². The van der Waals surface area contributed by atoms with E-state index in [4.69, 9.17) is 4.42 Å². The minimum Gasteiger partial charge on any atom is -0.441 e. The summed E-state index contributed by atoms with van der Waals surface area (Å²) in [7, 11) is 1.87. The monoisotopic (exact) mass is 312 g/mol. The van der Waals surface area contributed by atoms with Crippen molar-refractivity contribution in [1.29, 1.82) is 0 Å². The molecule has 0 aliphatic carbocycles. The van der Waals surface area contributed by atoms with E-state index in [1.807, 2.05) is 38.4 Å². The lowest BCUT2D eigenvalue weighted by molar-refractivity contribution is -0.121. The summed E-state index contributed by atoms with van der Waals surface area (Å²) in [5, 5.41) is 6.99. The molecule has 0 aliphatic heterocycles. The minimum absolute atomic E-state index is 0.0288. The van der Waals surface area contributed by atoms with Gasteiger partial charge in [-0.25, -0.2) is 4.98 Å². The minimum atomic E-state index is 0.0288. The van der Waals surface area contributed by atoms with Gasteiger partial charge in [0, 0.05) is 32.6 Å². The molecule has 0 aliphatic rings. The molecule has 3 aromatic rings. The molecule has 0 saturated carbocycles. The van der Waals surface area contributed by atoms with Crippen molar-refractivity contribution < 1.29 is 9.21 Å². The van der Waals surface area contributed by atoms with Crippen molar-refractivity contribution in [2.24, 2.45) is 7.05 Å². The second kappa shape index (κ2) is 6.64. The van der Waals surface area contributed by atoms with Gasteiger partial charge in [-0.2, -0.15) is 5.10 Å². The van der Waals surface area contributed by atoms with Crippen molar-refractivity contribution in [3.05, 3.63) is 47.6 Å². The topological polar surface area (TPSA) is 73.0 Å². The third-order valence-electron chi connectivity index (χ3n) is 3.73. The van der Waals surface area contributed by atoms with Gasteiger partial charge in [-0.05, 0) is 30.5 Å². The van der Waals surface area contributed by atoms with Crippen LogP contribution >= 0.6 is 0 Å². The fourth-order valence-corrected chi connectivity index (χ4v) is 2.50. The highest BCUT2D eigenvalue weighted by molar-refractivity contribution is 5.77. The second-order valence-electron chi connectivity index (χ2n) is 5.65. The molecule has 0 atom stereocenters. The Bertz CT molecular complexity index is 819. The SMILES string of the molecule is Cc1cccc2oc(CCNC(=O)CCc3cnn(C)c3)nc12. The first-order valence-electron chi connectivity index (χ1n) is 7.71. The zero-order valence-electron chi connectivity index (χ0n) is 13.4. The number of aryl methyl sites for hydroxylation is 3. The van der Waals surface area contributed by atoms with E-state index < -0.39 is 0 Å². The number of hydrogen-bond donors (Lipinski definition) is 1. The summed E-state index contributed by atoms with van der Waals surface area (Å²) in [5.74, 6) is 0.683. The lowest BCUT2D eigenvalue weighted by Gasteiger charge is -2.02. The Morgan fingerprint density at radius 3 is 2.96 bits per heavy atom. The molecule has 0 bridgehead atoms. The van der Waals surface area contributed by atoms with Gasteiger partial charge < -0.3 is 9.73 Å². The summed E-state index contributed by atoms with van der Waals surface area (Å²) < 4.78 is 7.43. The van der Waals surface area contributed by atoms with Crippen LogP contribution in [0.1, 0.15) is 23.4 Å². The number of para-hydroxylation sites is 1. The Morgan fingerprint density at radius 1 is 1.35 bits per heavy atom. The van der Waals surface area contributed by atoms with Crippen LogP contribution in [0, 0.1) is 6.92 Å². The van der Waals surface area contributed by atoms with E-state index in [1.54, 1.807) is 10.9 Å². The standard InChI is InChI=1S/C17H20N4O2/c1-12-4-3-5-14-17(12)20-16(23-14)8-9-18-15(22)7-6-13-10-19-21(2)11-13/h3-5,10-11H,6-9H2,1-2H3,(H,18,22). The first-order valence-corrected chi connectivity index (χ1v) is 7.71. The molecule has 1 aromatic carbocycles. The molecule has 23 heavy (non-hydrogen) atoms. The summed E-state index contributed by atoms with van der Waals surface area (Å²) >= 11 is 0. The second-order valence-corrected chi connectivity index (χ2v) is 5.65. The van der Waals surface area contributed by atoms with Crippen LogP contribution in [-0.4, -0.2) is 27.2 Å². The first-order chi connectivity index (χ1) is 11.1. The van der Waals surface area contributed by atoms with Crippen LogP contribution < -0.4 is 5.32 Å². The molecule has 1 N–H and O–H groups in total. The summed E-state index contributed by atoms with van der Waals surface area (Å²) in [6, 6.07) is 5.87. The van der Waals surface area contributed by atoms with Crippen molar-refractivity contribution in [3.8, 4) is 0 Å². The van der Waals surface area contributed by atoms with Crippen LogP contribution in [0.3, 0.4) is 0 Å². The number of rotatable bonds is 6. The highest BCUT2D eigenvalue weighted by atomic mass is 16.3. The Balaban J connectivity index is 1.46. The zero-order valence-corrected chi connectivity index (χ0v) is 13.4. The van der Waals surface area contributed by atoms with Gasteiger partial charge in [-0.3, -0.25) is 9.48 Å². The number of oxazole rings is 1. The molecule has 0 unspecified atom stereocenters. The number of benzene rings is 1. The van der Waals surface area contributed by atoms with Gasteiger partial charge in [0.1, 0.15) is 5.52 Å². The quantitative estimate of drug-likeness (QED) is 0.757. The number of carbonyl (C=O) groups is 1. The van der Waals surface area contributed by atoms with Crippen LogP contribution in [0.2, 0.25) is 0 Å². The fourth-order valence-electron chi connectivity index (χ4n) is 2.50. The molecular weight excluding hydrogens is 292 g/mol.